The second-order valence-corrected chi connectivity index (χ2v) is 8.53. The number of H-pyrrole nitrogens is 1. The molecule has 5 rings (SSSR count). The number of hydrogen-bond acceptors (Lipinski definition) is 5. The summed E-state index contributed by atoms with van der Waals surface area (Å²) >= 11 is 0. The van der Waals surface area contributed by atoms with Crippen molar-refractivity contribution in [2.75, 3.05) is 19.6 Å². The minimum absolute atomic E-state index is 0.00421. The lowest BCUT2D eigenvalue weighted by atomic mass is 10.0. The van der Waals surface area contributed by atoms with Crippen molar-refractivity contribution in [3.8, 4) is 0 Å². The third kappa shape index (κ3) is 4.12. The largest absolute Gasteiger partial charge is 0.350 e. The summed E-state index contributed by atoms with van der Waals surface area (Å²) in [6.45, 7) is 2.93. The molecule has 0 aromatic carbocycles. The number of aromatic amines is 1. The minimum Gasteiger partial charge on any atom is -0.350 e. The van der Waals surface area contributed by atoms with Crippen LogP contribution in [0.4, 0.5) is 0 Å². The first kappa shape index (κ1) is 19.9. The van der Waals surface area contributed by atoms with Crippen LogP contribution in [0.5, 0.6) is 0 Å². The van der Waals surface area contributed by atoms with Gasteiger partial charge in [0.15, 0.2) is 0 Å². The SMILES string of the molecule is O=C(NCC1CCCCN1CCn1nc2c(cc1=O)CCC2)c1c[nH]c2ncccc12. The lowest BCUT2D eigenvalue weighted by molar-refractivity contribution is 0.0910. The van der Waals surface area contributed by atoms with Crippen LogP contribution < -0.4 is 10.9 Å². The van der Waals surface area contributed by atoms with Crippen LogP contribution >= 0.6 is 0 Å². The average molecular weight is 421 g/mol. The van der Waals surface area contributed by atoms with E-state index in [1.54, 1.807) is 23.1 Å². The predicted octanol–water partition coefficient (Wildman–Crippen LogP) is 1.89. The van der Waals surface area contributed by atoms with Crippen molar-refractivity contribution in [2.45, 2.75) is 51.1 Å². The highest BCUT2D eigenvalue weighted by molar-refractivity contribution is 6.05. The highest BCUT2D eigenvalue weighted by Gasteiger charge is 2.24. The fourth-order valence-corrected chi connectivity index (χ4v) is 4.86. The Morgan fingerprint density at radius 1 is 1.23 bits per heavy atom. The molecule has 3 aromatic rings. The number of aromatic nitrogens is 4. The first-order valence-electron chi connectivity index (χ1n) is 11.2. The summed E-state index contributed by atoms with van der Waals surface area (Å²) in [5.41, 5.74) is 3.54. The van der Waals surface area contributed by atoms with Crippen molar-refractivity contribution in [2.24, 2.45) is 0 Å². The topological polar surface area (TPSA) is 95.9 Å². The maximum atomic E-state index is 12.8. The summed E-state index contributed by atoms with van der Waals surface area (Å²) in [7, 11) is 0. The van der Waals surface area contributed by atoms with Crippen LogP contribution in [-0.4, -0.2) is 56.2 Å². The second-order valence-electron chi connectivity index (χ2n) is 8.53. The van der Waals surface area contributed by atoms with Crippen LogP contribution in [0.1, 0.15) is 47.3 Å². The van der Waals surface area contributed by atoms with Crippen LogP contribution in [0.2, 0.25) is 0 Å². The number of nitrogens with one attached hydrogen (secondary N) is 2. The lowest BCUT2D eigenvalue weighted by Crippen LogP contribution is -2.48. The summed E-state index contributed by atoms with van der Waals surface area (Å²) in [4.78, 5) is 34.9. The summed E-state index contributed by atoms with van der Waals surface area (Å²) in [6, 6.07) is 5.78. The van der Waals surface area contributed by atoms with Crippen molar-refractivity contribution in [3.05, 3.63) is 57.8 Å². The van der Waals surface area contributed by atoms with E-state index < -0.39 is 0 Å². The number of piperidine rings is 1. The number of aryl methyl sites for hydroxylation is 2. The third-order valence-corrected chi connectivity index (χ3v) is 6.57. The molecule has 2 N–H and O–H groups in total. The molecule has 1 fully saturated rings. The average Bonchev–Trinajstić information content (AvgIpc) is 3.43. The van der Waals surface area contributed by atoms with E-state index in [9.17, 15) is 9.59 Å². The molecule has 0 saturated carbocycles. The molecule has 162 valence electrons. The van der Waals surface area contributed by atoms with Crippen molar-refractivity contribution < 1.29 is 4.79 Å². The van der Waals surface area contributed by atoms with Gasteiger partial charge in [0.05, 0.1) is 17.8 Å². The molecule has 3 aromatic heterocycles. The fraction of sp³-hybridized carbons (Fsp3) is 0.478. The monoisotopic (exact) mass is 420 g/mol. The number of carbonyl (C=O) groups is 1. The van der Waals surface area contributed by atoms with Crippen molar-refractivity contribution in [1.29, 1.82) is 0 Å². The molecule has 0 radical (unpaired) electrons. The first-order valence-corrected chi connectivity index (χ1v) is 11.2. The number of amides is 1. The molecule has 1 saturated heterocycles. The fourth-order valence-electron chi connectivity index (χ4n) is 4.86. The van der Waals surface area contributed by atoms with Crippen LogP contribution in [0.15, 0.2) is 35.4 Å². The number of fused-ring (bicyclic) bond motifs is 2. The predicted molar refractivity (Wildman–Crippen MR) is 118 cm³/mol. The Labute approximate surface area is 180 Å². The van der Waals surface area contributed by atoms with Gasteiger partial charge in [0.25, 0.3) is 11.5 Å². The molecule has 31 heavy (non-hydrogen) atoms. The zero-order chi connectivity index (χ0) is 21.2. The number of likely N-dealkylation sites (tertiary alicyclic amines) is 1. The van der Waals surface area contributed by atoms with E-state index in [1.165, 1.54) is 0 Å². The summed E-state index contributed by atoms with van der Waals surface area (Å²) in [5, 5.41) is 8.54. The molecule has 4 heterocycles. The van der Waals surface area contributed by atoms with Gasteiger partial charge in [0, 0.05) is 43.0 Å². The lowest BCUT2D eigenvalue weighted by Gasteiger charge is -2.35. The normalized spacial score (nSPS) is 18.9. The summed E-state index contributed by atoms with van der Waals surface area (Å²) in [5.74, 6) is -0.0821. The molecular weight excluding hydrogens is 392 g/mol. The molecule has 1 aliphatic heterocycles. The third-order valence-electron chi connectivity index (χ3n) is 6.57. The maximum Gasteiger partial charge on any atom is 0.267 e. The van der Waals surface area contributed by atoms with Crippen LogP contribution in [0.3, 0.4) is 0 Å². The smallest absolute Gasteiger partial charge is 0.267 e. The van der Waals surface area contributed by atoms with E-state index in [1.807, 2.05) is 12.1 Å². The number of pyridine rings is 1. The molecule has 0 bridgehead atoms. The summed E-state index contributed by atoms with van der Waals surface area (Å²) < 4.78 is 1.62. The van der Waals surface area contributed by atoms with Crippen molar-refractivity contribution in [3.63, 3.8) is 0 Å². The van der Waals surface area contributed by atoms with Gasteiger partial charge in [-0.15, -0.1) is 0 Å². The molecule has 1 aliphatic carbocycles. The van der Waals surface area contributed by atoms with E-state index in [0.717, 1.165) is 73.9 Å². The van der Waals surface area contributed by atoms with Gasteiger partial charge >= 0.3 is 0 Å². The molecule has 1 unspecified atom stereocenters. The minimum atomic E-state index is -0.0821. The Morgan fingerprint density at radius 3 is 3.10 bits per heavy atom. The van der Waals surface area contributed by atoms with Gasteiger partial charge in [-0.1, -0.05) is 6.42 Å². The second kappa shape index (κ2) is 8.63. The number of rotatable bonds is 6. The van der Waals surface area contributed by atoms with E-state index in [0.29, 0.717) is 18.7 Å². The van der Waals surface area contributed by atoms with Gasteiger partial charge in [-0.25, -0.2) is 9.67 Å². The van der Waals surface area contributed by atoms with Gasteiger partial charge in [-0.3, -0.25) is 14.5 Å². The Bertz CT molecular complexity index is 1150. The van der Waals surface area contributed by atoms with Crippen LogP contribution in [0, 0.1) is 0 Å². The van der Waals surface area contributed by atoms with E-state index in [2.05, 4.69) is 25.3 Å². The number of nitrogens with zero attached hydrogens (tertiary/aromatic N) is 4. The zero-order valence-electron chi connectivity index (χ0n) is 17.6. The maximum absolute atomic E-state index is 12.8. The molecule has 1 amide bonds. The van der Waals surface area contributed by atoms with Crippen molar-refractivity contribution >= 4 is 16.9 Å². The molecule has 0 spiro atoms. The van der Waals surface area contributed by atoms with E-state index in [-0.39, 0.29) is 17.5 Å². The zero-order valence-corrected chi connectivity index (χ0v) is 17.6. The van der Waals surface area contributed by atoms with Crippen molar-refractivity contribution in [1.82, 2.24) is 30.0 Å². The molecule has 1 atom stereocenters. The van der Waals surface area contributed by atoms with Crippen LogP contribution in [0.25, 0.3) is 11.0 Å². The van der Waals surface area contributed by atoms with E-state index in [4.69, 9.17) is 0 Å². The quantitative estimate of drug-likeness (QED) is 0.635. The van der Waals surface area contributed by atoms with Gasteiger partial charge in [-0.05, 0) is 56.3 Å². The van der Waals surface area contributed by atoms with Gasteiger partial charge in [-0.2, -0.15) is 5.10 Å². The number of hydrogen-bond donors (Lipinski definition) is 2. The Hall–Kier alpha value is -3.00. The van der Waals surface area contributed by atoms with Gasteiger partial charge in [0.1, 0.15) is 5.65 Å². The molecule has 2 aliphatic rings. The summed E-state index contributed by atoms with van der Waals surface area (Å²) in [6.07, 6.45) is 9.81. The Kier molecular flexibility index (Phi) is 5.55. The van der Waals surface area contributed by atoms with E-state index >= 15 is 0 Å². The molecular formula is C23H28N6O2. The highest BCUT2D eigenvalue weighted by atomic mass is 16.1. The first-order chi connectivity index (χ1) is 15.2. The van der Waals surface area contributed by atoms with Crippen LogP contribution in [-0.2, 0) is 19.4 Å². The van der Waals surface area contributed by atoms with Gasteiger partial charge < -0.3 is 10.3 Å². The Morgan fingerprint density at radius 2 is 2.16 bits per heavy atom. The number of carbonyl (C=O) groups excluding carboxylic acids is 1. The molecule has 8 nitrogen and oxygen atoms in total. The Balaban J connectivity index is 1.22. The molecule has 8 heteroatoms. The van der Waals surface area contributed by atoms with Gasteiger partial charge in [0.2, 0.25) is 0 Å². The highest BCUT2D eigenvalue weighted by Crippen LogP contribution is 2.19. The standard InChI is InChI=1S/C23H28N6O2/c30-21-13-16-5-3-8-20(16)27-29(21)12-11-28-10-2-1-6-17(28)14-26-23(31)19-15-25-22-18(19)7-4-9-24-22/h4,7,9,13,15,17H,1-3,5-6,8,10-12,14H2,(H,24,25)(H,26,31).